The number of hydrogen-bond donors (Lipinski definition) is 0. The highest BCUT2D eigenvalue weighted by atomic mass is 35.5. The zero-order valence-corrected chi connectivity index (χ0v) is 15.7. The van der Waals surface area contributed by atoms with Crippen LogP contribution in [0.1, 0.15) is 13.8 Å². The maximum Gasteiger partial charge on any atom is 0.173 e. The minimum absolute atomic E-state index is 0.564. The molecule has 0 radical (unpaired) electrons. The lowest BCUT2D eigenvalue weighted by atomic mass is 10.3. The molecular weight excluding hydrogens is 287 g/mol. The van der Waals surface area contributed by atoms with Crippen molar-refractivity contribution in [2.24, 2.45) is 11.8 Å². The van der Waals surface area contributed by atoms with E-state index in [-0.39, 0.29) is 0 Å². The van der Waals surface area contributed by atoms with Crippen LogP contribution in [0.25, 0.3) is 0 Å². The van der Waals surface area contributed by atoms with Gasteiger partial charge < -0.3 is 4.12 Å². The van der Waals surface area contributed by atoms with Crippen molar-refractivity contribution in [1.82, 2.24) is 0 Å². The summed E-state index contributed by atoms with van der Waals surface area (Å²) in [7, 11) is -3.14. The summed E-state index contributed by atoms with van der Waals surface area (Å²) >= 11 is 11.8. The first kappa shape index (κ1) is 18.0. The first-order chi connectivity index (χ1) is 7.62. The summed E-state index contributed by atoms with van der Waals surface area (Å²) in [5, 5.41) is 0. The molecule has 0 aliphatic rings. The van der Waals surface area contributed by atoms with E-state index < -0.39 is 16.6 Å². The van der Waals surface area contributed by atoms with Crippen LogP contribution in [0.4, 0.5) is 0 Å². The van der Waals surface area contributed by atoms with Gasteiger partial charge in [-0.2, -0.15) is 0 Å². The van der Waals surface area contributed by atoms with Gasteiger partial charge in [0.1, 0.15) is 0 Å². The van der Waals surface area contributed by atoms with E-state index in [1.54, 1.807) is 0 Å². The average molecular weight is 315 g/mol. The van der Waals surface area contributed by atoms with E-state index in [2.05, 4.69) is 40.0 Å². The van der Waals surface area contributed by atoms with Crippen molar-refractivity contribution in [3.8, 4) is 0 Å². The Morgan fingerprint density at radius 2 is 1.12 bits per heavy atom. The Balaban J connectivity index is 4.36. The standard InChI is InChI=1S/C12H28Cl2OSi2/c1-11(7-13)9-16(3,4)15-17(5,6)10-12(2)8-14/h11-12H,7-10H2,1-6H3/t11-,12+. The lowest BCUT2D eigenvalue weighted by Crippen LogP contribution is -2.46. The van der Waals surface area contributed by atoms with Crippen molar-refractivity contribution in [3.63, 3.8) is 0 Å². The molecule has 0 saturated carbocycles. The molecule has 0 spiro atoms. The van der Waals surface area contributed by atoms with Gasteiger partial charge in [0.05, 0.1) is 0 Å². The minimum Gasteiger partial charge on any atom is -0.455 e. The maximum atomic E-state index is 6.53. The third-order valence-electron chi connectivity index (χ3n) is 2.76. The summed E-state index contributed by atoms with van der Waals surface area (Å²) in [6.07, 6.45) is 0. The van der Waals surface area contributed by atoms with E-state index in [1.807, 2.05) is 0 Å². The summed E-state index contributed by atoms with van der Waals surface area (Å²) in [6, 6.07) is 2.31. The minimum atomic E-state index is -1.57. The highest BCUT2D eigenvalue weighted by molar-refractivity contribution is 6.84. The first-order valence-electron chi connectivity index (χ1n) is 6.44. The lowest BCUT2D eigenvalue weighted by molar-refractivity contribution is 0.507. The molecule has 0 bridgehead atoms. The predicted octanol–water partition coefficient (Wildman–Crippen LogP) is 5.16. The van der Waals surface area contributed by atoms with Crippen molar-refractivity contribution in [2.75, 3.05) is 11.8 Å². The van der Waals surface area contributed by atoms with Crippen LogP contribution in [0.2, 0.25) is 38.3 Å². The predicted molar refractivity (Wildman–Crippen MR) is 85.4 cm³/mol. The van der Waals surface area contributed by atoms with Crippen LogP contribution >= 0.6 is 23.2 Å². The molecule has 0 N–H and O–H groups in total. The van der Waals surface area contributed by atoms with E-state index in [4.69, 9.17) is 27.3 Å². The van der Waals surface area contributed by atoms with Crippen molar-refractivity contribution in [3.05, 3.63) is 0 Å². The summed E-state index contributed by atoms with van der Waals surface area (Å²) in [6.45, 7) is 13.7. The number of alkyl halides is 2. The van der Waals surface area contributed by atoms with Gasteiger partial charge in [0, 0.05) is 11.8 Å². The number of halogens is 2. The summed E-state index contributed by atoms with van der Waals surface area (Å²) in [4.78, 5) is 0. The second kappa shape index (κ2) is 7.54. The molecule has 0 aromatic carbocycles. The molecule has 0 saturated heterocycles. The molecule has 104 valence electrons. The van der Waals surface area contributed by atoms with Crippen LogP contribution < -0.4 is 0 Å². The Labute approximate surface area is 119 Å². The average Bonchev–Trinajstić information content (AvgIpc) is 2.13. The van der Waals surface area contributed by atoms with Gasteiger partial charge in [0.2, 0.25) is 0 Å². The van der Waals surface area contributed by atoms with Crippen LogP contribution in [0.5, 0.6) is 0 Å². The first-order valence-corrected chi connectivity index (χ1v) is 13.7. The van der Waals surface area contributed by atoms with Crippen molar-refractivity contribution < 1.29 is 4.12 Å². The van der Waals surface area contributed by atoms with E-state index in [9.17, 15) is 0 Å². The highest BCUT2D eigenvalue weighted by Gasteiger charge is 2.34. The summed E-state index contributed by atoms with van der Waals surface area (Å²) in [5.74, 6) is 2.60. The Hall–Kier alpha value is 0.974. The Morgan fingerprint density at radius 3 is 1.35 bits per heavy atom. The Bertz CT molecular complexity index is 201. The zero-order chi connectivity index (χ0) is 13.7. The van der Waals surface area contributed by atoms with Gasteiger partial charge in [-0.1, -0.05) is 13.8 Å². The van der Waals surface area contributed by atoms with Gasteiger partial charge in [-0.25, -0.2) is 0 Å². The molecule has 0 rings (SSSR count). The molecule has 0 aromatic heterocycles. The maximum absolute atomic E-state index is 6.53. The second-order valence-electron chi connectivity index (χ2n) is 6.55. The van der Waals surface area contributed by atoms with Crippen LogP contribution in [0.15, 0.2) is 0 Å². The fourth-order valence-electron chi connectivity index (χ4n) is 2.62. The fraction of sp³-hybridized carbons (Fsp3) is 1.00. The summed E-state index contributed by atoms with van der Waals surface area (Å²) < 4.78 is 6.53. The molecule has 5 heteroatoms. The molecule has 0 aliphatic heterocycles. The van der Waals surface area contributed by atoms with Gasteiger partial charge >= 0.3 is 0 Å². The molecule has 1 nitrogen and oxygen atoms in total. The molecule has 0 heterocycles. The smallest absolute Gasteiger partial charge is 0.173 e. The molecule has 0 aromatic rings. The molecule has 0 amide bonds. The van der Waals surface area contributed by atoms with Gasteiger partial charge in [-0.05, 0) is 50.1 Å². The molecule has 0 fully saturated rings. The zero-order valence-electron chi connectivity index (χ0n) is 12.1. The van der Waals surface area contributed by atoms with Gasteiger partial charge in [-0.15, -0.1) is 23.2 Å². The van der Waals surface area contributed by atoms with E-state index in [0.717, 1.165) is 23.8 Å². The Kier molecular flexibility index (Phi) is 7.97. The van der Waals surface area contributed by atoms with Crippen LogP contribution in [0.3, 0.4) is 0 Å². The topological polar surface area (TPSA) is 9.23 Å². The van der Waals surface area contributed by atoms with E-state index in [1.165, 1.54) is 0 Å². The molecule has 0 unspecified atom stereocenters. The van der Waals surface area contributed by atoms with Crippen molar-refractivity contribution >= 4 is 39.8 Å². The van der Waals surface area contributed by atoms with Gasteiger partial charge in [0.25, 0.3) is 0 Å². The third kappa shape index (κ3) is 8.65. The van der Waals surface area contributed by atoms with Crippen LogP contribution in [0, 0.1) is 11.8 Å². The largest absolute Gasteiger partial charge is 0.455 e. The fourth-order valence-corrected chi connectivity index (χ4v) is 13.5. The molecule has 2 atom stereocenters. The van der Waals surface area contributed by atoms with Crippen LogP contribution in [-0.4, -0.2) is 28.4 Å². The number of hydrogen-bond acceptors (Lipinski definition) is 1. The lowest BCUT2D eigenvalue weighted by Gasteiger charge is -2.36. The molecular formula is C12H28Cl2OSi2. The van der Waals surface area contributed by atoms with Gasteiger partial charge in [-0.3, -0.25) is 0 Å². The Morgan fingerprint density at radius 1 is 0.824 bits per heavy atom. The second-order valence-corrected chi connectivity index (χ2v) is 15.8. The SMILES string of the molecule is C[C@H](CCl)C[Si](C)(C)O[Si](C)(C)C[C@@H](C)CCl. The highest BCUT2D eigenvalue weighted by Crippen LogP contribution is 2.27. The summed E-state index contributed by atoms with van der Waals surface area (Å²) in [5.41, 5.74) is 0. The van der Waals surface area contributed by atoms with Crippen LogP contribution in [-0.2, 0) is 4.12 Å². The molecule has 0 aliphatic carbocycles. The normalized spacial score (nSPS) is 16.9. The van der Waals surface area contributed by atoms with E-state index >= 15 is 0 Å². The van der Waals surface area contributed by atoms with E-state index in [0.29, 0.717) is 11.8 Å². The molecule has 17 heavy (non-hydrogen) atoms. The van der Waals surface area contributed by atoms with Crippen molar-refractivity contribution in [2.45, 2.75) is 52.1 Å². The monoisotopic (exact) mass is 314 g/mol. The third-order valence-corrected chi connectivity index (χ3v) is 11.6. The number of rotatable bonds is 8. The van der Waals surface area contributed by atoms with Gasteiger partial charge in [0.15, 0.2) is 16.6 Å². The quantitative estimate of drug-likeness (QED) is 0.444. The van der Waals surface area contributed by atoms with Crippen molar-refractivity contribution in [1.29, 1.82) is 0 Å².